The Kier molecular flexibility index (Phi) is 5.72. The van der Waals surface area contributed by atoms with Crippen molar-refractivity contribution >= 4 is 0 Å². The highest BCUT2D eigenvalue weighted by Gasteiger charge is 2.49. The Morgan fingerprint density at radius 2 is 1.45 bits per heavy atom. The quantitative estimate of drug-likeness (QED) is 0.269. The number of hydrogen-bond acceptors (Lipinski definition) is 10. The first kappa shape index (κ1) is 17.9. The highest BCUT2D eigenvalue weighted by Crippen LogP contribution is 2.28. The Morgan fingerprint density at radius 3 is 2.05 bits per heavy atom. The molecule has 0 aliphatic carbocycles. The summed E-state index contributed by atoms with van der Waals surface area (Å²) in [4.78, 5) is 0. The summed E-state index contributed by atoms with van der Waals surface area (Å²) in [5, 5.41) is 67.6. The SMILES string of the molecule is C[C@@H]1O[C@@H](O)[C@H](O[C@H]2O[C@H](CO)[C@@H](O)[C@H](O)[C@@H]2O)[C@H](O)[C@H]1O. The van der Waals surface area contributed by atoms with E-state index in [9.17, 15) is 30.6 Å². The molecule has 0 aromatic heterocycles. The van der Waals surface area contributed by atoms with Gasteiger partial charge < -0.3 is 50.0 Å². The smallest absolute Gasteiger partial charge is 0.187 e. The van der Waals surface area contributed by atoms with Crippen LogP contribution in [-0.2, 0) is 14.2 Å². The van der Waals surface area contributed by atoms with Crippen molar-refractivity contribution in [2.45, 2.75) is 68.3 Å². The first-order chi connectivity index (χ1) is 10.3. The van der Waals surface area contributed by atoms with Gasteiger partial charge in [0.15, 0.2) is 12.6 Å². The van der Waals surface area contributed by atoms with Crippen LogP contribution < -0.4 is 0 Å². The molecule has 22 heavy (non-hydrogen) atoms. The van der Waals surface area contributed by atoms with E-state index in [0.29, 0.717) is 0 Å². The second-order valence-electron chi connectivity index (χ2n) is 5.51. The molecule has 7 N–H and O–H groups in total. The molecule has 0 aromatic carbocycles. The maximum absolute atomic E-state index is 9.92. The van der Waals surface area contributed by atoms with Crippen LogP contribution >= 0.6 is 0 Å². The normalized spacial score (nSPS) is 53.5. The van der Waals surface area contributed by atoms with Crippen molar-refractivity contribution in [1.29, 1.82) is 0 Å². The van der Waals surface area contributed by atoms with Crippen molar-refractivity contribution in [3.63, 3.8) is 0 Å². The molecule has 130 valence electrons. The molecule has 2 rings (SSSR count). The molecule has 2 saturated heterocycles. The third-order valence-corrected chi connectivity index (χ3v) is 3.94. The van der Waals surface area contributed by atoms with Gasteiger partial charge in [-0.1, -0.05) is 0 Å². The predicted molar refractivity (Wildman–Crippen MR) is 67.2 cm³/mol. The van der Waals surface area contributed by atoms with Gasteiger partial charge in [-0.05, 0) is 6.92 Å². The van der Waals surface area contributed by atoms with Crippen molar-refractivity contribution in [1.82, 2.24) is 0 Å². The number of aliphatic hydroxyl groups excluding tert-OH is 7. The Hall–Kier alpha value is -0.400. The third-order valence-electron chi connectivity index (χ3n) is 3.94. The van der Waals surface area contributed by atoms with E-state index in [4.69, 9.17) is 19.3 Å². The van der Waals surface area contributed by atoms with E-state index in [-0.39, 0.29) is 0 Å². The average molecular weight is 326 g/mol. The van der Waals surface area contributed by atoms with Crippen molar-refractivity contribution in [3.8, 4) is 0 Å². The molecule has 0 radical (unpaired) electrons. The molecule has 10 atom stereocenters. The largest absolute Gasteiger partial charge is 0.394 e. The number of hydrogen-bond donors (Lipinski definition) is 7. The highest BCUT2D eigenvalue weighted by molar-refractivity contribution is 4.92. The third kappa shape index (κ3) is 3.26. The van der Waals surface area contributed by atoms with Crippen LogP contribution in [0.1, 0.15) is 6.92 Å². The fourth-order valence-corrected chi connectivity index (χ4v) is 2.50. The summed E-state index contributed by atoms with van der Waals surface area (Å²) in [5.41, 5.74) is 0. The van der Waals surface area contributed by atoms with Crippen LogP contribution in [0.25, 0.3) is 0 Å². The zero-order valence-electron chi connectivity index (χ0n) is 11.8. The van der Waals surface area contributed by atoms with Crippen molar-refractivity contribution in [2.75, 3.05) is 6.61 Å². The molecule has 2 heterocycles. The van der Waals surface area contributed by atoms with Gasteiger partial charge in [0.1, 0.15) is 42.7 Å². The Labute approximate surface area is 126 Å². The van der Waals surface area contributed by atoms with E-state index in [0.717, 1.165) is 0 Å². The standard InChI is InChI=1S/C12H22O10/c1-3-5(14)8(17)10(11(19)20-3)22-12-9(18)7(16)6(15)4(2-13)21-12/h3-19H,2H2,1H3/t3-,4+,5-,6+,7-,8+,9-,10+,11+,12+/m0/s1. The summed E-state index contributed by atoms with van der Waals surface area (Å²) in [5.74, 6) is 0. The molecule has 2 aliphatic rings. The molecule has 0 bridgehead atoms. The van der Waals surface area contributed by atoms with Crippen molar-refractivity contribution in [3.05, 3.63) is 0 Å². The monoisotopic (exact) mass is 326 g/mol. The molecule has 0 saturated carbocycles. The lowest BCUT2D eigenvalue weighted by Crippen LogP contribution is -2.63. The Morgan fingerprint density at radius 1 is 0.818 bits per heavy atom. The van der Waals surface area contributed by atoms with Gasteiger partial charge in [-0.3, -0.25) is 0 Å². The Bertz CT molecular complexity index is 366. The highest BCUT2D eigenvalue weighted by atomic mass is 16.7. The summed E-state index contributed by atoms with van der Waals surface area (Å²) in [6.07, 6.45) is -14.4. The van der Waals surface area contributed by atoms with E-state index in [1.54, 1.807) is 0 Å². The number of ether oxygens (including phenoxy) is 3. The van der Waals surface area contributed by atoms with Crippen LogP contribution in [0.5, 0.6) is 0 Å². The van der Waals surface area contributed by atoms with Gasteiger partial charge in [0.2, 0.25) is 0 Å². The van der Waals surface area contributed by atoms with Crippen molar-refractivity contribution < 1.29 is 50.0 Å². The maximum atomic E-state index is 9.92. The second kappa shape index (κ2) is 7.01. The van der Waals surface area contributed by atoms with E-state index >= 15 is 0 Å². The molecule has 0 spiro atoms. The van der Waals surface area contributed by atoms with Gasteiger partial charge in [0, 0.05) is 0 Å². The van der Waals surface area contributed by atoms with Gasteiger partial charge in [-0.25, -0.2) is 0 Å². The molecule has 2 aliphatic heterocycles. The van der Waals surface area contributed by atoms with E-state index in [1.807, 2.05) is 0 Å². The minimum absolute atomic E-state index is 0.642. The summed E-state index contributed by atoms with van der Waals surface area (Å²) in [6.45, 7) is 0.803. The lowest BCUT2D eigenvalue weighted by Gasteiger charge is -2.44. The lowest BCUT2D eigenvalue weighted by atomic mass is 9.98. The average Bonchev–Trinajstić information content (AvgIpc) is 2.49. The molecular formula is C12H22O10. The van der Waals surface area contributed by atoms with Gasteiger partial charge in [0.05, 0.1) is 12.7 Å². The molecule has 2 fully saturated rings. The molecule has 0 unspecified atom stereocenters. The topological polar surface area (TPSA) is 169 Å². The minimum Gasteiger partial charge on any atom is -0.394 e. The maximum Gasteiger partial charge on any atom is 0.187 e. The summed E-state index contributed by atoms with van der Waals surface area (Å²) in [7, 11) is 0. The number of aliphatic hydroxyl groups is 7. The van der Waals surface area contributed by atoms with Gasteiger partial charge in [0.25, 0.3) is 0 Å². The zero-order chi connectivity index (χ0) is 16.6. The minimum atomic E-state index is -1.69. The van der Waals surface area contributed by atoms with E-state index in [1.165, 1.54) is 6.92 Å². The number of rotatable bonds is 3. The van der Waals surface area contributed by atoms with Crippen LogP contribution in [0.4, 0.5) is 0 Å². The fraction of sp³-hybridized carbons (Fsp3) is 1.00. The van der Waals surface area contributed by atoms with Gasteiger partial charge >= 0.3 is 0 Å². The van der Waals surface area contributed by atoms with E-state index in [2.05, 4.69) is 0 Å². The predicted octanol–water partition coefficient (Wildman–Crippen LogP) is -4.37. The molecule has 10 heteroatoms. The second-order valence-corrected chi connectivity index (χ2v) is 5.51. The van der Waals surface area contributed by atoms with Crippen LogP contribution in [0.15, 0.2) is 0 Å². The van der Waals surface area contributed by atoms with Gasteiger partial charge in [-0.15, -0.1) is 0 Å². The van der Waals surface area contributed by atoms with Crippen LogP contribution in [0, 0.1) is 0 Å². The molecule has 10 nitrogen and oxygen atoms in total. The lowest BCUT2D eigenvalue weighted by molar-refractivity contribution is -0.359. The summed E-state index contributed by atoms with van der Waals surface area (Å²) < 4.78 is 15.3. The summed E-state index contributed by atoms with van der Waals surface area (Å²) in [6, 6.07) is 0. The Balaban J connectivity index is 2.08. The van der Waals surface area contributed by atoms with Crippen LogP contribution in [-0.4, -0.2) is 104 Å². The summed E-state index contributed by atoms with van der Waals surface area (Å²) >= 11 is 0. The van der Waals surface area contributed by atoms with Crippen LogP contribution in [0.3, 0.4) is 0 Å². The molecular weight excluding hydrogens is 304 g/mol. The zero-order valence-corrected chi connectivity index (χ0v) is 11.8. The molecule has 0 amide bonds. The first-order valence-corrected chi connectivity index (χ1v) is 6.93. The first-order valence-electron chi connectivity index (χ1n) is 6.93. The van der Waals surface area contributed by atoms with Crippen LogP contribution in [0.2, 0.25) is 0 Å². The van der Waals surface area contributed by atoms with E-state index < -0.39 is 68.0 Å². The fourth-order valence-electron chi connectivity index (χ4n) is 2.50. The van der Waals surface area contributed by atoms with Crippen molar-refractivity contribution in [2.24, 2.45) is 0 Å². The van der Waals surface area contributed by atoms with Gasteiger partial charge in [-0.2, -0.15) is 0 Å². The molecule has 0 aromatic rings.